The van der Waals surface area contributed by atoms with Crippen molar-refractivity contribution >= 4 is 6.21 Å². The predicted octanol–water partition coefficient (Wildman–Crippen LogP) is 4.68. The Balaban J connectivity index is -0.0000000380. The molecule has 0 unspecified atom stereocenters. The highest BCUT2D eigenvalue weighted by Gasteiger charge is 1.51. The summed E-state index contributed by atoms with van der Waals surface area (Å²) in [4.78, 5) is 0. The molecule has 0 saturated carbocycles. The Bertz CT molecular complexity index is 61.4. The zero-order valence-corrected chi connectivity index (χ0v) is 9.99. The quantitative estimate of drug-likeness (QED) is 0.440. The van der Waals surface area contributed by atoms with E-state index in [0.29, 0.717) is 0 Å². The first-order chi connectivity index (χ1) is 5.65. The van der Waals surface area contributed by atoms with E-state index in [1.807, 2.05) is 48.5 Å². The van der Waals surface area contributed by atoms with Crippen LogP contribution in [0.3, 0.4) is 0 Å². The first kappa shape index (κ1) is 22.5. The fraction of sp³-hybridized carbons (Fsp3) is 0.727. The molecule has 0 heterocycles. The lowest BCUT2D eigenvalue weighted by Crippen LogP contribution is -1.52. The average molecular weight is 173 g/mol. The molecule has 0 spiro atoms. The molecule has 0 aromatic heterocycles. The third-order valence-electron chi connectivity index (χ3n) is 0.204. The summed E-state index contributed by atoms with van der Waals surface area (Å²) in [6, 6.07) is 0. The zero-order chi connectivity index (χ0) is 11.0. The van der Waals surface area contributed by atoms with E-state index in [4.69, 9.17) is 5.41 Å². The molecule has 0 saturated heterocycles. The van der Waals surface area contributed by atoms with Crippen LogP contribution in [0.25, 0.3) is 0 Å². The lowest BCUT2D eigenvalue weighted by molar-refractivity contribution is 1.30. The van der Waals surface area contributed by atoms with Gasteiger partial charge in [0.25, 0.3) is 0 Å². The maximum Gasteiger partial charge on any atom is -0.00505 e. The highest BCUT2D eigenvalue weighted by Crippen LogP contribution is 1.73. The molecule has 0 aliphatic rings. The van der Waals surface area contributed by atoms with Crippen LogP contribution in [-0.2, 0) is 0 Å². The van der Waals surface area contributed by atoms with E-state index in [1.54, 1.807) is 0 Å². The third-order valence-corrected chi connectivity index (χ3v) is 0.204. The van der Waals surface area contributed by atoms with Gasteiger partial charge >= 0.3 is 0 Å². The molecule has 0 atom stereocenters. The first-order valence-corrected chi connectivity index (χ1v) is 4.76. The van der Waals surface area contributed by atoms with E-state index in [1.165, 1.54) is 11.8 Å². The number of rotatable bonds is 1. The van der Waals surface area contributed by atoms with E-state index >= 15 is 0 Å². The molecular formula is C11H27N. The minimum Gasteiger partial charge on any atom is -0.313 e. The normalized spacial score (nSPS) is 5.25. The summed E-state index contributed by atoms with van der Waals surface area (Å²) in [5.74, 6) is 0. The van der Waals surface area contributed by atoms with Crippen LogP contribution in [0.1, 0.15) is 54.9 Å². The van der Waals surface area contributed by atoms with Crippen molar-refractivity contribution in [3.63, 3.8) is 0 Å². The Kier molecular flexibility index (Phi) is 88.9. The minimum atomic E-state index is 0.861. The minimum absolute atomic E-state index is 0.861. The lowest BCUT2D eigenvalue weighted by Gasteiger charge is -1.65. The molecule has 12 heavy (non-hydrogen) atoms. The summed E-state index contributed by atoms with van der Waals surface area (Å²) in [5.41, 5.74) is 1.17. The summed E-state index contributed by atoms with van der Waals surface area (Å²) >= 11 is 0. The van der Waals surface area contributed by atoms with Crippen LogP contribution in [0.2, 0.25) is 0 Å². The van der Waals surface area contributed by atoms with Gasteiger partial charge in [0.1, 0.15) is 0 Å². The molecule has 76 valence electrons. The van der Waals surface area contributed by atoms with E-state index in [2.05, 4.69) is 6.58 Å². The van der Waals surface area contributed by atoms with Crippen molar-refractivity contribution in [2.45, 2.75) is 54.9 Å². The molecule has 0 radical (unpaired) electrons. The summed E-state index contributed by atoms with van der Waals surface area (Å²) in [7, 11) is 0. The Labute approximate surface area is 79.4 Å². The van der Waals surface area contributed by atoms with Gasteiger partial charge in [0.05, 0.1) is 0 Å². The van der Waals surface area contributed by atoms with Gasteiger partial charge in [-0.05, 0) is 26.5 Å². The Hall–Kier alpha value is -0.590. The second kappa shape index (κ2) is 47.4. The van der Waals surface area contributed by atoms with E-state index in [-0.39, 0.29) is 0 Å². The highest BCUT2D eigenvalue weighted by atomic mass is 14.3. The molecule has 1 heteroatoms. The smallest absolute Gasteiger partial charge is 0.00505 e. The zero-order valence-electron chi connectivity index (χ0n) is 9.99. The van der Waals surface area contributed by atoms with Crippen LogP contribution < -0.4 is 0 Å². The summed E-state index contributed by atoms with van der Waals surface area (Å²) in [6.45, 7) is 17.4. The average Bonchev–Trinajstić information content (AvgIpc) is 2.10. The molecule has 0 aromatic carbocycles. The molecule has 1 N–H and O–H groups in total. The van der Waals surface area contributed by atoms with Gasteiger partial charge in [0.15, 0.2) is 0 Å². The van der Waals surface area contributed by atoms with Gasteiger partial charge in [-0.2, -0.15) is 0 Å². The van der Waals surface area contributed by atoms with E-state index in [0.717, 1.165) is 6.42 Å². The van der Waals surface area contributed by atoms with Crippen molar-refractivity contribution < 1.29 is 0 Å². The maximum absolute atomic E-state index is 6.33. The van der Waals surface area contributed by atoms with Gasteiger partial charge < -0.3 is 5.41 Å². The molecule has 0 fully saturated rings. The molecule has 1 nitrogen and oxygen atoms in total. The van der Waals surface area contributed by atoms with Crippen molar-refractivity contribution in [1.82, 2.24) is 0 Å². The van der Waals surface area contributed by atoms with Crippen LogP contribution in [-0.4, -0.2) is 6.21 Å². The van der Waals surface area contributed by atoms with Crippen LogP contribution in [0.5, 0.6) is 0 Å². The van der Waals surface area contributed by atoms with Gasteiger partial charge in [-0.15, -0.1) is 6.58 Å². The van der Waals surface area contributed by atoms with Crippen molar-refractivity contribution in [2.24, 2.45) is 0 Å². The number of allylic oxidation sites excluding steroid dienone is 1. The van der Waals surface area contributed by atoms with Gasteiger partial charge in [-0.3, -0.25) is 0 Å². The van der Waals surface area contributed by atoms with Gasteiger partial charge in [-0.25, -0.2) is 0 Å². The van der Waals surface area contributed by atoms with Crippen molar-refractivity contribution in [3.8, 4) is 0 Å². The Morgan fingerprint density at radius 2 is 1.25 bits per heavy atom. The largest absolute Gasteiger partial charge is 0.313 e. The topological polar surface area (TPSA) is 23.9 Å². The number of nitrogens with one attached hydrogen (secondary N) is 1. The van der Waals surface area contributed by atoms with Crippen LogP contribution in [0, 0.1) is 5.41 Å². The second-order valence-electron chi connectivity index (χ2n) is 1.82. The van der Waals surface area contributed by atoms with Gasteiger partial charge in [-0.1, -0.05) is 40.2 Å². The van der Waals surface area contributed by atoms with Crippen molar-refractivity contribution in [1.29, 1.82) is 5.41 Å². The van der Waals surface area contributed by atoms with Gasteiger partial charge in [0.2, 0.25) is 0 Å². The van der Waals surface area contributed by atoms with Gasteiger partial charge in [0, 0.05) is 0 Å². The highest BCUT2D eigenvalue weighted by molar-refractivity contribution is 5.51. The fourth-order valence-corrected chi connectivity index (χ4v) is 0. The Morgan fingerprint density at radius 3 is 1.25 bits per heavy atom. The molecule has 0 amide bonds. The monoisotopic (exact) mass is 173 g/mol. The molecule has 0 aliphatic carbocycles. The second-order valence-corrected chi connectivity index (χ2v) is 1.82. The maximum atomic E-state index is 6.33. The van der Waals surface area contributed by atoms with Crippen molar-refractivity contribution in [3.05, 3.63) is 12.2 Å². The first-order valence-electron chi connectivity index (χ1n) is 4.76. The Morgan fingerprint density at radius 1 is 1.17 bits per heavy atom. The predicted molar refractivity (Wildman–Crippen MR) is 62.3 cm³/mol. The van der Waals surface area contributed by atoms with Crippen LogP contribution >= 0.6 is 0 Å². The standard InChI is InChI=1S/C4H8.C3H7N.2C2H6/c1-4(2)3;1-2-3-4;2*1-2/h1H2,2-3H3;3-4H,2H2,1H3;2*1-2H3. The van der Waals surface area contributed by atoms with E-state index < -0.39 is 0 Å². The summed E-state index contributed by atoms with van der Waals surface area (Å²) in [5, 5.41) is 6.33. The fourth-order valence-electron chi connectivity index (χ4n) is 0. The molecule has 0 aromatic rings. The molecule has 0 aliphatic heterocycles. The SMILES string of the molecule is C=C(C)C.CC.CC.CCC=N. The van der Waals surface area contributed by atoms with Crippen LogP contribution in [0.15, 0.2) is 12.2 Å². The molecular weight excluding hydrogens is 146 g/mol. The summed E-state index contributed by atoms with van der Waals surface area (Å²) in [6.07, 6.45) is 2.24. The van der Waals surface area contributed by atoms with E-state index in [9.17, 15) is 0 Å². The third kappa shape index (κ3) is 3960. The lowest BCUT2D eigenvalue weighted by atomic mass is 10.4. The summed E-state index contributed by atoms with van der Waals surface area (Å²) < 4.78 is 0. The number of hydrogen-bond acceptors (Lipinski definition) is 1. The van der Waals surface area contributed by atoms with Crippen LogP contribution in [0.4, 0.5) is 0 Å². The molecule has 0 rings (SSSR count). The number of hydrogen-bond donors (Lipinski definition) is 1. The van der Waals surface area contributed by atoms with Crippen molar-refractivity contribution in [2.75, 3.05) is 0 Å². The molecule has 0 bridgehead atoms.